The van der Waals surface area contributed by atoms with Gasteiger partial charge in [0.05, 0.1) is 5.54 Å². The summed E-state index contributed by atoms with van der Waals surface area (Å²) in [6, 6.07) is -0.0747. The molecule has 2 atom stereocenters. The Morgan fingerprint density at radius 3 is 2.85 bits per heavy atom. The van der Waals surface area contributed by atoms with Gasteiger partial charge in [-0.05, 0) is 12.8 Å². The molecule has 0 aromatic rings. The first-order valence-corrected chi connectivity index (χ1v) is 4.58. The van der Waals surface area contributed by atoms with Crippen LogP contribution >= 0.6 is 0 Å². The first-order valence-electron chi connectivity index (χ1n) is 4.58. The number of hydrogen-bond acceptors (Lipinski definition) is 3. The van der Waals surface area contributed by atoms with E-state index in [0.717, 1.165) is 19.4 Å². The fourth-order valence-electron chi connectivity index (χ4n) is 1.48. The highest BCUT2D eigenvalue weighted by atomic mass is 16.5. The predicted molar refractivity (Wildman–Crippen MR) is 54.3 cm³/mol. The molecule has 0 saturated carbocycles. The smallest absolute Gasteiger partial charge is 0.0533 e. The maximum atomic E-state index is 6.12. The van der Waals surface area contributed by atoms with E-state index in [1.54, 1.807) is 7.11 Å². The van der Waals surface area contributed by atoms with Crippen molar-refractivity contribution in [1.82, 2.24) is 0 Å². The zero-order valence-electron chi connectivity index (χ0n) is 8.07. The van der Waals surface area contributed by atoms with E-state index in [0.29, 0.717) is 0 Å². The van der Waals surface area contributed by atoms with Crippen molar-refractivity contribution >= 4 is 0 Å². The third-order valence-electron chi connectivity index (χ3n) is 2.41. The van der Waals surface area contributed by atoms with Crippen molar-refractivity contribution < 1.29 is 4.74 Å². The van der Waals surface area contributed by atoms with Crippen molar-refractivity contribution in [2.75, 3.05) is 13.7 Å². The number of ether oxygens (including phenoxy) is 1. The van der Waals surface area contributed by atoms with E-state index in [1.165, 1.54) is 0 Å². The Balaban J connectivity index is 2.45. The van der Waals surface area contributed by atoms with Crippen LogP contribution in [0.25, 0.3) is 0 Å². The Hall–Kier alpha value is -0.640. The lowest BCUT2D eigenvalue weighted by atomic mass is 9.84. The molecule has 1 aliphatic rings. The molecule has 74 valence electrons. The molecule has 1 rings (SSSR count). The minimum absolute atomic E-state index is 0.0747. The molecular formula is C10H18N2O. The van der Waals surface area contributed by atoms with Gasteiger partial charge in [0, 0.05) is 19.8 Å². The third kappa shape index (κ3) is 2.66. The summed E-state index contributed by atoms with van der Waals surface area (Å²) in [5.41, 5.74) is 11.6. The third-order valence-corrected chi connectivity index (χ3v) is 2.41. The second-order valence-electron chi connectivity index (χ2n) is 3.48. The summed E-state index contributed by atoms with van der Waals surface area (Å²) < 4.78 is 4.97. The van der Waals surface area contributed by atoms with Crippen LogP contribution in [0.1, 0.15) is 12.8 Å². The number of hydrogen-bond donors (Lipinski definition) is 2. The van der Waals surface area contributed by atoms with Crippen LogP contribution in [0.15, 0.2) is 24.3 Å². The zero-order valence-corrected chi connectivity index (χ0v) is 8.07. The maximum absolute atomic E-state index is 6.12. The second kappa shape index (κ2) is 4.56. The zero-order chi connectivity index (χ0) is 9.73. The van der Waals surface area contributed by atoms with Gasteiger partial charge < -0.3 is 16.2 Å². The van der Waals surface area contributed by atoms with Crippen LogP contribution in [0.2, 0.25) is 0 Å². The molecule has 0 aliphatic heterocycles. The van der Waals surface area contributed by atoms with Gasteiger partial charge in [0.2, 0.25) is 0 Å². The van der Waals surface area contributed by atoms with Crippen LogP contribution in [0.5, 0.6) is 0 Å². The van der Waals surface area contributed by atoms with E-state index >= 15 is 0 Å². The highest BCUT2D eigenvalue weighted by Gasteiger charge is 2.28. The van der Waals surface area contributed by atoms with E-state index in [1.807, 2.05) is 24.3 Å². The fraction of sp³-hybridized carbons (Fsp3) is 0.600. The summed E-state index contributed by atoms with van der Waals surface area (Å²) in [6.07, 6.45) is 9.62. The number of allylic oxidation sites excluding steroid dienone is 2. The highest BCUT2D eigenvalue weighted by molar-refractivity contribution is 5.25. The first-order chi connectivity index (χ1) is 6.19. The largest absolute Gasteiger partial charge is 0.385 e. The van der Waals surface area contributed by atoms with Crippen molar-refractivity contribution in [3.05, 3.63) is 24.3 Å². The van der Waals surface area contributed by atoms with E-state index in [-0.39, 0.29) is 11.6 Å². The summed E-state index contributed by atoms with van der Waals surface area (Å²) in [5.74, 6) is 0. The topological polar surface area (TPSA) is 61.3 Å². The lowest BCUT2D eigenvalue weighted by molar-refractivity contribution is 0.185. The van der Waals surface area contributed by atoms with E-state index < -0.39 is 0 Å². The van der Waals surface area contributed by atoms with Crippen molar-refractivity contribution in [2.24, 2.45) is 11.5 Å². The molecule has 0 spiro atoms. The van der Waals surface area contributed by atoms with Crippen LogP contribution in [-0.2, 0) is 4.74 Å². The quantitative estimate of drug-likeness (QED) is 0.625. The molecule has 0 aromatic carbocycles. The van der Waals surface area contributed by atoms with Crippen LogP contribution in [0, 0.1) is 0 Å². The SMILES string of the molecule is COCCCC1(N)C=CC=CC1N. The van der Waals surface area contributed by atoms with E-state index in [9.17, 15) is 0 Å². The van der Waals surface area contributed by atoms with Crippen molar-refractivity contribution in [3.8, 4) is 0 Å². The normalized spacial score (nSPS) is 32.4. The van der Waals surface area contributed by atoms with Gasteiger partial charge in [-0.3, -0.25) is 0 Å². The average Bonchev–Trinajstić information content (AvgIpc) is 2.11. The van der Waals surface area contributed by atoms with Crippen molar-refractivity contribution in [1.29, 1.82) is 0 Å². The molecule has 0 fully saturated rings. The van der Waals surface area contributed by atoms with Gasteiger partial charge >= 0.3 is 0 Å². The minimum Gasteiger partial charge on any atom is -0.385 e. The average molecular weight is 182 g/mol. The Bertz CT molecular complexity index is 213. The van der Waals surface area contributed by atoms with Crippen molar-refractivity contribution in [3.63, 3.8) is 0 Å². The predicted octanol–water partition coefficient (Wildman–Crippen LogP) is 0.564. The Kier molecular flexibility index (Phi) is 3.66. The molecule has 0 heterocycles. The number of methoxy groups -OCH3 is 1. The standard InChI is InChI=1S/C10H18N2O/c1-13-8-4-7-10(12)6-3-2-5-9(10)11/h2-3,5-6,9H,4,7-8,11-12H2,1H3. The summed E-state index contributed by atoms with van der Waals surface area (Å²) in [4.78, 5) is 0. The minimum atomic E-state index is -0.382. The van der Waals surface area contributed by atoms with Gasteiger partial charge in [0.25, 0.3) is 0 Å². The fourth-order valence-corrected chi connectivity index (χ4v) is 1.48. The molecule has 0 amide bonds. The lowest BCUT2D eigenvalue weighted by Crippen LogP contribution is -2.53. The maximum Gasteiger partial charge on any atom is 0.0533 e. The molecule has 3 nitrogen and oxygen atoms in total. The van der Waals surface area contributed by atoms with Crippen LogP contribution in [0.3, 0.4) is 0 Å². The van der Waals surface area contributed by atoms with Gasteiger partial charge in [-0.15, -0.1) is 0 Å². The molecule has 0 saturated heterocycles. The summed E-state index contributed by atoms with van der Waals surface area (Å²) in [7, 11) is 1.69. The summed E-state index contributed by atoms with van der Waals surface area (Å²) in [5, 5.41) is 0. The van der Waals surface area contributed by atoms with Crippen LogP contribution in [0.4, 0.5) is 0 Å². The van der Waals surface area contributed by atoms with Gasteiger partial charge in [0.15, 0.2) is 0 Å². The number of rotatable bonds is 4. The van der Waals surface area contributed by atoms with Gasteiger partial charge in [0.1, 0.15) is 0 Å². The lowest BCUT2D eigenvalue weighted by Gasteiger charge is -2.32. The van der Waals surface area contributed by atoms with Gasteiger partial charge in [-0.2, -0.15) is 0 Å². The number of nitrogens with two attached hydrogens (primary N) is 2. The van der Waals surface area contributed by atoms with Crippen LogP contribution in [-0.4, -0.2) is 25.3 Å². The summed E-state index contributed by atoms with van der Waals surface area (Å²) >= 11 is 0. The molecule has 0 bridgehead atoms. The second-order valence-corrected chi connectivity index (χ2v) is 3.48. The Labute approximate surface area is 79.4 Å². The van der Waals surface area contributed by atoms with Gasteiger partial charge in [-0.1, -0.05) is 24.3 Å². The van der Waals surface area contributed by atoms with Crippen LogP contribution < -0.4 is 11.5 Å². The molecule has 0 radical (unpaired) electrons. The molecular weight excluding hydrogens is 164 g/mol. The molecule has 13 heavy (non-hydrogen) atoms. The van der Waals surface area contributed by atoms with E-state index in [2.05, 4.69) is 0 Å². The monoisotopic (exact) mass is 182 g/mol. The molecule has 2 unspecified atom stereocenters. The van der Waals surface area contributed by atoms with Gasteiger partial charge in [-0.25, -0.2) is 0 Å². The Morgan fingerprint density at radius 2 is 2.23 bits per heavy atom. The van der Waals surface area contributed by atoms with E-state index in [4.69, 9.17) is 16.2 Å². The molecule has 4 N–H and O–H groups in total. The molecule has 1 aliphatic carbocycles. The Morgan fingerprint density at radius 1 is 1.46 bits per heavy atom. The highest BCUT2D eigenvalue weighted by Crippen LogP contribution is 2.19. The summed E-state index contributed by atoms with van der Waals surface area (Å²) in [6.45, 7) is 0.739. The molecule has 0 aromatic heterocycles. The first kappa shape index (κ1) is 10.4. The van der Waals surface area contributed by atoms with Crippen molar-refractivity contribution in [2.45, 2.75) is 24.4 Å². The molecule has 3 heteroatoms.